The quantitative estimate of drug-likeness (QED) is 0.929. The van der Waals surface area contributed by atoms with Gasteiger partial charge in [-0.1, -0.05) is 17.7 Å². The first-order chi connectivity index (χ1) is 8.50. The lowest BCUT2D eigenvalue weighted by Crippen LogP contribution is -2.04. The van der Waals surface area contributed by atoms with Gasteiger partial charge in [-0.05, 0) is 26.0 Å². The molecule has 0 bridgehead atoms. The smallest absolute Gasteiger partial charge is 0.131 e. The molecule has 1 aromatic heterocycles. The van der Waals surface area contributed by atoms with Crippen LogP contribution in [0.3, 0.4) is 0 Å². The summed E-state index contributed by atoms with van der Waals surface area (Å²) >= 11 is 6.14. The molecule has 0 spiro atoms. The lowest BCUT2D eigenvalue weighted by atomic mass is 10.2. The first-order valence-electron chi connectivity index (χ1n) is 5.60. The highest BCUT2D eigenvalue weighted by atomic mass is 35.5. The van der Waals surface area contributed by atoms with Crippen molar-refractivity contribution in [2.75, 3.05) is 0 Å². The lowest BCUT2D eigenvalue weighted by molar-refractivity contribution is 0.291. The molecule has 0 aliphatic rings. The number of nitrogens with zero attached hydrogens (tertiary/aromatic N) is 2. The molecule has 0 saturated heterocycles. The molecule has 0 unspecified atom stereocenters. The Morgan fingerprint density at radius 2 is 2.11 bits per heavy atom. The first-order valence-corrected chi connectivity index (χ1v) is 5.98. The highest BCUT2D eigenvalue weighted by molar-refractivity contribution is 6.31. The zero-order chi connectivity index (χ0) is 13.3. The minimum absolute atomic E-state index is 0.222. The Hall–Kier alpha value is -1.68. The second kappa shape index (κ2) is 4.90. The van der Waals surface area contributed by atoms with Crippen LogP contribution in [0.1, 0.15) is 17.0 Å². The van der Waals surface area contributed by atoms with Gasteiger partial charge < -0.3 is 9.84 Å². The molecule has 96 valence electrons. The Kier molecular flexibility index (Phi) is 3.48. The van der Waals surface area contributed by atoms with E-state index in [9.17, 15) is 5.11 Å². The van der Waals surface area contributed by atoms with E-state index in [4.69, 9.17) is 16.3 Å². The van der Waals surface area contributed by atoms with Crippen molar-refractivity contribution in [3.05, 3.63) is 40.2 Å². The number of phenols is 1. The van der Waals surface area contributed by atoms with Gasteiger partial charge >= 0.3 is 0 Å². The summed E-state index contributed by atoms with van der Waals surface area (Å²) in [6.45, 7) is 3.98. The standard InChI is InChI=1S/C13H15ClN2O2/c1-8-11(17)5-4-6-12(8)18-7-10-13(14)9(2)15-16(10)3/h4-6,17H,7H2,1-3H3. The van der Waals surface area contributed by atoms with Crippen LogP contribution >= 0.6 is 11.6 Å². The van der Waals surface area contributed by atoms with Gasteiger partial charge in [0.1, 0.15) is 18.1 Å². The number of aromatic nitrogens is 2. The first kappa shape index (κ1) is 12.8. The van der Waals surface area contributed by atoms with Crippen molar-refractivity contribution in [3.63, 3.8) is 0 Å². The van der Waals surface area contributed by atoms with Gasteiger partial charge in [-0.15, -0.1) is 0 Å². The van der Waals surface area contributed by atoms with E-state index in [0.717, 1.165) is 11.4 Å². The Morgan fingerprint density at radius 1 is 1.39 bits per heavy atom. The predicted molar refractivity (Wildman–Crippen MR) is 70.1 cm³/mol. The summed E-state index contributed by atoms with van der Waals surface area (Å²) in [4.78, 5) is 0. The molecule has 1 heterocycles. The molecular weight excluding hydrogens is 252 g/mol. The summed E-state index contributed by atoms with van der Waals surface area (Å²) in [6.07, 6.45) is 0. The molecule has 5 heteroatoms. The fourth-order valence-corrected chi connectivity index (χ4v) is 1.96. The number of rotatable bonds is 3. The minimum atomic E-state index is 0.222. The maximum absolute atomic E-state index is 9.59. The number of hydrogen-bond acceptors (Lipinski definition) is 3. The second-order valence-corrected chi connectivity index (χ2v) is 4.54. The van der Waals surface area contributed by atoms with Gasteiger partial charge in [0, 0.05) is 12.6 Å². The van der Waals surface area contributed by atoms with Gasteiger partial charge in [-0.3, -0.25) is 4.68 Å². The maximum atomic E-state index is 9.59. The zero-order valence-electron chi connectivity index (χ0n) is 10.6. The highest BCUT2D eigenvalue weighted by Gasteiger charge is 2.12. The molecule has 0 radical (unpaired) electrons. The predicted octanol–water partition coefficient (Wildman–Crippen LogP) is 2.97. The van der Waals surface area contributed by atoms with E-state index in [2.05, 4.69) is 5.10 Å². The van der Waals surface area contributed by atoms with Crippen molar-refractivity contribution in [2.24, 2.45) is 7.05 Å². The molecule has 0 aliphatic carbocycles. The van der Waals surface area contributed by atoms with E-state index < -0.39 is 0 Å². The van der Waals surface area contributed by atoms with Crippen molar-refractivity contribution in [1.82, 2.24) is 9.78 Å². The van der Waals surface area contributed by atoms with Gasteiger partial charge in [-0.2, -0.15) is 5.10 Å². The molecule has 2 rings (SSSR count). The zero-order valence-corrected chi connectivity index (χ0v) is 11.3. The Bertz CT molecular complexity index is 579. The van der Waals surface area contributed by atoms with Crippen LogP contribution < -0.4 is 4.74 Å². The summed E-state index contributed by atoms with van der Waals surface area (Å²) in [5.74, 6) is 0.865. The van der Waals surface area contributed by atoms with Crippen LogP contribution in [0.5, 0.6) is 11.5 Å². The number of phenolic OH excluding ortho intramolecular Hbond substituents is 1. The fourth-order valence-electron chi connectivity index (χ4n) is 1.74. The molecule has 0 atom stereocenters. The molecule has 18 heavy (non-hydrogen) atoms. The lowest BCUT2D eigenvalue weighted by Gasteiger charge is -2.10. The van der Waals surface area contributed by atoms with E-state index in [-0.39, 0.29) is 5.75 Å². The number of benzene rings is 1. The second-order valence-electron chi connectivity index (χ2n) is 4.16. The van der Waals surface area contributed by atoms with Gasteiger partial charge in [0.15, 0.2) is 0 Å². The van der Waals surface area contributed by atoms with E-state index >= 15 is 0 Å². The number of halogens is 1. The van der Waals surface area contributed by atoms with Crippen LogP contribution in [-0.4, -0.2) is 14.9 Å². The monoisotopic (exact) mass is 266 g/mol. The molecule has 1 aromatic carbocycles. The summed E-state index contributed by atoms with van der Waals surface area (Å²) in [5.41, 5.74) is 2.31. The van der Waals surface area contributed by atoms with Crippen LogP contribution in [0.2, 0.25) is 5.02 Å². The molecule has 2 aromatic rings. The van der Waals surface area contributed by atoms with Crippen molar-refractivity contribution < 1.29 is 9.84 Å². The van der Waals surface area contributed by atoms with Crippen molar-refractivity contribution in [2.45, 2.75) is 20.5 Å². The fraction of sp³-hybridized carbons (Fsp3) is 0.308. The van der Waals surface area contributed by atoms with Crippen LogP contribution in [0.4, 0.5) is 0 Å². The minimum Gasteiger partial charge on any atom is -0.508 e. The van der Waals surface area contributed by atoms with E-state index in [0.29, 0.717) is 22.9 Å². The molecule has 0 amide bonds. The summed E-state index contributed by atoms with van der Waals surface area (Å²) < 4.78 is 7.38. The van der Waals surface area contributed by atoms with Crippen LogP contribution in [0.15, 0.2) is 18.2 Å². The van der Waals surface area contributed by atoms with Crippen molar-refractivity contribution in [1.29, 1.82) is 0 Å². The van der Waals surface area contributed by atoms with Crippen molar-refractivity contribution >= 4 is 11.6 Å². The molecule has 0 aliphatic heterocycles. The molecule has 4 nitrogen and oxygen atoms in total. The van der Waals surface area contributed by atoms with E-state index in [1.54, 1.807) is 23.7 Å². The van der Waals surface area contributed by atoms with Crippen LogP contribution in [-0.2, 0) is 13.7 Å². The van der Waals surface area contributed by atoms with E-state index in [1.807, 2.05) is 20.0 Å². The van der Waals surface area contributed by atoms with Gasteiger partial charge in [-0.25, -0.2) is 0 Å². The normalized spacial score (nSPS) is 10.7. The summed E-state index contributed by atoms with van der Waals surface area (Å²) in [7, 11) is 1.83. The summed E-state index contributed by atoms with van der Waals surface area (Å²) in [6, 6.07) is 5.18. The molecule has 1 N–H and O–H groups in total. The highest BCUT2D eigenvalue weighted by Crippen LogP contribution is 2.28. The van der Waals surface area contributed by atoms with Gasteiger partial charge in [0.05, 0.1) is 16.4 Å². The topological polar surface area (TPSA) is 47.3 Å². The SMILES string of the molecule is Cc1nn(C)c(COc2cccc(O)c2C)c1Cl. The number of aryl methyl sites for hydroxylation is 2. The van der Waals surface area contributed by atoms with Gasteiger partial charge in [0.25, 0.3) is 0 Å². The van der Waals surface area contributed by atoms with Gasteiger partial charge in [0.2, 0.25) is 0 Å². The average Bonchev–Trinajstić information content (AvgIpc) is 2.56. The summed E-state index contributed by atoms with van der Waals surface area (Å²) in [5, 5.41) is 14.4. The van der Waals surface area contributed by atoms with E-state index in [1.165, 1.54) is 0 Å². The largest absolute Gasteiger partial charge is 0.508 e. The number of hydrogen-bond donors (Lipinski definition) is 1. The Labute approximate surface area is 111 Å². The van der Waals surface area contributed by atoms with Crippen molar-refractivity contribution in [3.8, 4) is 11.5 Å². The Morgan fingerprint density at radius 3 is 2.72 bits per heavy atom. The third-order valence-electron chi connectivity index (χ3n) is 2.88. The third kappa shape index (κ3) is 2.29. The third-order valence-corrected chi connectivity index (χ3v) is 3.37. The Balaban J connectivity index is 2.19. The average molecular weight is 267 g/mol. The van der Waals surface area contributed by atoms with Crippen LogP contribution in [0, 0.1) is 13.8 Å². The molecular formula is C13H15ClN2O2. The number of aromatic hydroxyl groups is 1. The van der Waals surface area contributed by atoms with Crippen LogP contribution in [0.25, 0.3) is 0 Å². The molecule has 0 saturated carbocycles. The molecule has 0 fully saturated rings. The maximum Gasteiger partial charge on any atom is 0.131 e. The number of ether oxygens (including phenoxy) is 1.